The van der Waals surface area contributed by atoms with Crippen molar-refractivity contribution in [2.45, 2.75) is 20.0 Å². The molecule has 0 radical (unpaired) electrons. The van der Waals surface area contributed by atoms with Crippen LogP contribution in [0, 0.1) is 13.8 Å². The van der Waals surface area contributed by atoms with Gasteiger partial charge in [-0.25, -0.2) is 0 Å². The molecule has 3 rings (SSSR count). The average Bonchev–Trinajstić information content (AvgIpc) is 2.77. The average molecular weight is 428 g/mol. The van der Waals surface area contributed by atoms with Crippen LogP contribution in [0.25, 0.3) is 0 Å². The van der Waals surface area contributed by atoms with Gasteiger partial charge in [0.2, 0.25) is 5.91 Å². The van der Waals surface area contributed by atoms with Crippen LogP contribution in [0.1, 0.15) is 11.1 Å². The minimum Gasteiger partial charge on any atom is -0.497 e. The van der Waals surface area contributed by atoms with Crippen LogP contribution < -0.4 is 14.8 Å². The van der Waals surface area contributed by atoms with Gasteiger partial charge in [0.05, 0.1) is 13.7 Å². The van der Waals surface area contributed by atoms with Crippen LogP contribution in [0.4, 0.5) is 5.69 Å². The number of ether oxygens (including phenoxy) is 2. The fourth-order valence-corrected chi connectivity index (χ4v) is 3.74. The fraction of sp³-hybridized carbons (Fsp3) is 0.458. The van der Waals surface area contributed by atoms with Crippen molar-refractivity contribution in [1.82, 2.24) is 9.80 Å². The number of hydrogen-bond donors (Lipinski definition) is 2. The molecule has 1 aliphatic heterocycles. The number of para-hydroxylation sites is 1. The number of aliphatic hydroxyl groups is 1. The monoisotopic (exact) mass is 427 g/mol. The number of carbonyl (C=O) groups is 1. The maximum atomic E-state index is 12.5. The molecular weight excluding hydrogens is 394 g/mol. The summed E-state index contributed by atoms with van der Waals surface area (Å²) in [5.74, 6) is 1.49. The first-order valence-electron chi connectivity index (χ1n) is 10.7. The van der Waals surface area contributed by atoms with E-state index in [0.29, 0.717) is 18.8 Å². The molecule has 1 aliphatic rings. The first-order valence-corrected chi connectivity index (χ1v) is 10.7. The number of aryl methyl sites for hydroxylation is 2. The van der Waals surface area contributed by atoms with Crippen LogP contribution in [0.15, 0.2) is 42.5 Å². The molecule has 1 heterocycles. The highest BCUT2D eigenvalue weighted by Gasteiger charge is 2.21. The van der Waals surface area contributed by atoms with E-state index in [2.05, 4.69) is 15.1 Å². The van der Waals surface area contributed by atoms with Crippen LogP contribution in [0.2, 0.25) is 0 Å². The van der Waals surface area contributed by atoms with E-state index in [4.69, 9.17) is 9.47 Å². The summed E-state index contributed by atoms with van der Waals surface area (Å²) in [6.45, 7) is 8.41. The Morgan fingerprint density at radius 1 is 1.00 bits per heavy atom. The highest BCUT2D eigenvalue weighted by Crippen LogP contribution is 2.19. The Bertz CT molecular complexity index is 828. The highest BCUT2D eigenvalue weighted by atomic mass is 16.5. The lowest BCUT2D eigenvalue weighted by atomic mass is 10.1. The molecule has 0 aliphatic carbocycles. The molecule has 1 saturated heterocycles. The third-order valence-corrected chi connectivity index (χ3v) is 5.55. The number of methoxy groups -OCH3 is 1. The third-order valence-electron chi connectivity index (χ3n) is 5.55. The van der Waals surface area contributed by atoms with Crippen molar-refractivity contribution in [2.75, 3.05) is 58.3 Å². The standard InChI is InChI=1S/C24H33N3O4/c1-18-5-4-6-19(2)24(18)25-23(29)16-27-13-11-26(12-14-27)15-20(28)17-31-22-9-7-21(30-3)8-10-22/h4-10,20,28H,11-17H2,1-3H3,(H,25,29). The van der Waals surface area contributed by atoms with E-state index in [-0.39, 0.29) is 12.5 Å². The molecule has 2 aromatic carbocycles. The first-order chi connectivity index (χ1) is 14.9. The molecule has 168 valence electrons. The van der Waals surface area contributed by atoms with Crippen LogP contribution >= 0.6 is 0 Å². The lowest BCUT2D eigenvalue weighted by Crippen LogP contribution is -2.50. The smallest absolute Gasteiger partial charge is 0.238 e. The maximum Gasteiger partial charge on any atom is 0.238 e. The summed E-state index contributed by atoms with van der Waals surface area (Å²) < 4.78 is 10.8. The number of carbonyl (C=O) groups excluding carboxylic acids is 1. The van der Waals surface area contributed by atoms with E-state index in [1.54, 1.807) is 7.11 Å². The molecule has 2 N–H and O–H groups in total. The van der Waals surface area contributed by atoms with Crippen molar-refractivity contribution >= 4 is 11.6 Å². The molecule has 1 atom stereocenters. The van der Waals surface area contributed by atoms with Crippen molar-refractivity contribution in [3.63, 3.8) is 0 Å². The summed E-state index contributed by atoms with van der Waals surface area (Å²) in [6.07, 6.45) is -0.569. The van der Waals surface area contributed by atoms with E-state index in [0.717, 1.165) is 48.7 Å². The van der Waals surface area contributed by atoms with Crippen molar-refractivity contribution in [3.8, 4) is 11.5 Å². The normalized spacial score (nSPS) is 16.0. The number of hydrogen-bond acceptors (Lipinski definition) is 6. The molecule has 0 saturated carbocycles. The quantitative estimate of drug-likeness (QED) is 0.640. The predicted octanol–water partition coefficient (Wildman–Crippen LogP) is 2.31. The molecule has 1 unspecified atom stereocenters. The zero-order valence-corrected chi connectivity index (χ0v) is 18.6. The molecule has 31 heavy (non-hydrogen) atoms. The van der Waals surface area contributed by atoms with Gasteiger partial charge in [0, 0.05) is 38.4 Å². The Balaban J connectivity index is 1.36. The summed E-state index contributed by atoms with van der Waals surface area (Å²) >= 11 is 0. The number of piperazine rings is 1. The van der Waals surface area contributed by atoms with Gasteiger partial charge in [0.15, 0.2) is 0 Å². The van der Waals surface area contributed by atoms with Gasteiger partial charge in [0.25, 0.3) is 0 Å². The number of anilines is 1. The van der Waals surface area contributed by atoms with Crippen molar-refractivity contribution < 1.29 is 19.4 Å². The van der Waals surface area contributed by atoms with Crippen molar-refractivity contribution in [2.24, 2.45) is 0 Å². The topological polar surface area (TPSA) is 74.3 Å². The number of benzene rings is 2. The van der Waals surface area contributed by atoms with Crippen LogP contribution in [-0.4, -0.2) is 79.9 Å². The van der Waals surface area contributed by atoms with Gasteiger partial charge >= 0.3 is 0 Å². The number of nitrogens with zero attached hydrogens (tertiary/aromatic N) is 2. The zero-order valence-electron chi connectivity index (χ0n) is 18.6. The largest absolute Gasteiger partial charge is 0.497 e. The van der Waals surface area contributed by atoms with Gasteiger partial charge < -0.3 is 19.9 Å². The second kappa shape index (κ2) is 11.1. The molecule has 1 fully saturated rings. The molecule has 7 nitrogen and oxygen atoms in total. The number of β-amino-alcohol motifs (C(OH)–C–C–N with tert-alkyl or cyclic N) is 1. The number of nitrogens with one attached hydrogen (secondary N) is 1. The van der Waals surface area contributed by atoms with E-state index < -0.39 is 6.10 Å². The Labute approximate surface area is 184 Å². The van der Waals surface area contributed by atoms with E-state index in [1.807, 2.05) is 56.3 Å². The summed E-state index contributed by atoms with van der Waals surface area (Å²) in [4.78, 5) is 16.8. The SMILES string of the molecule is COc1ccc(OCC(O)CN2CCN(CC(=O)Nc3c(C)cccc3C)CC2)cc1. The fourth-order valence-electron chi connectivity index (χ4n) is 3.74. The molecule has 1 amide bonds. The zero-order chi connectivity index (χ0) is 22.2. The van der Waals surface area contributed by atoms with Crippen molar-refractivity contribution in [1.29, 1.82) is 0 Å². The lowest BCUT2D eigenvalue weighted by molar-refractivity contribution is -0.117. The molecule has 0 spiro atoms. The summed E-state index contributed by atoms with van der Waals surface area (Å²) in [5.41, 5.74) is 3.05. The van der Waals surface area contributed by atoms with Crippen LogP contribution in [0.5, 0.6) is 11.5 Å². The van der Waals surface area contributed by atoms with Gasteiger partial charge in [-0.3, -0.25) is 14.6 Å². The number of aliphatic hydroxyl groups excluding tert-OH is 1. The van der Waals surface area contributed by atoms with Crippen molar-refractivity contribution in [3.05, 3.63) is 53.6 Å². The van der Waals surface area contributed by atoms with Crippen LogP contribution in [-0.2, 0) is 4.79 Å². The Morgan fingerprint density at radius 3 is 2.19 bits per heavy atom. The van der Waals surface area contributed by atoms with Gasteiger partial charge in [0.1, 0.15) is 24.2 Å². The van der Waals surface area contributed by atoms with E-state index in [1.165, 1.54) is 0 Å². The molecular formula is C24H33N3O4. The second-order valence-electron chi connectivity index (χ2n) is 8.03. The Kier molecular flexibility index (Phi) is 8.28. The van der Waals surface area contributed by atoms with E-state index in [9.17, 15) is 9.90 Å². The minimum atomic E-state index is -0.569. The molecule has 2 aromatic rings. The van der Waals surface area contributed by atoms with Gasteiger partial charge in [-0.2, -0.15) is 0 Å². The van der Waals surface area contributed by atoms with Gasteiger partial charge in [-0.1, -0.05) is 18.2 Å². The Hall–Kier alpha value is -2.61. The second-order valence-corrected chi connectivity index (χ2v) is 8.03. The van der Waals surface area contributed by atoms with Gasteiger partial charge in [-0.15, -0.1) is 0 Å². The molecule has 0 aromatic heterocycles. The summed E-state index contributed by atoms with van der Waals surface area (Å²) in [5, 5.41) is 13.4. The number of amides is 1. The predicted molar refractivity (Wildman–Crippen MR) is 122 cm³/mol. The van der Waals surface area contributed by atoms with Crippen LogP contribution in [0.3, 0.4) is 0 Å². The molecule has 0 bridgehead atoms. The lowest BCUT2D eigenvalue weighted by Gasteiger charge is -2.35. The number of rotatable bonds is 9. The first kappa shape index (κ1) is 23.1. The van der Waals surface area contributed by atoms with Gasteiger partial charge in [-0.05, 0) is 49.2 Å². The minimum absolute atomic E-state index is 0.0128. The maximum absolute atomic E-state index is 12.5. The highest BCUT2D eigenvalue weighted by molar-refractivity contribution is 5.93. The summed E-state index contributed by atoms with van der Waals surface area (Å²) in [6, 6.07) is 13.3. The van der Waals surface area contributed by atoms with E-state index >= 15 is 0 Å². The summed E-state index contributed by atoms with van der Waals surface area (Å²) in [7, 11) is 1.62. The molecule has 7 heteroatoms. The Morgan fingerprint density at radius 2 is 1.58 bits per heavy atom. The third kappa shape index (κ3) is 6.95.